The number of aromatic amines is 1. The maximum absolute atomic E-state index is 10.4. The van der Waals surface area contributed by atoms with Crippen LogP contribution in [0.1, 0.15) is 22.5 Å². The minimum atomic E-state index is -0.971. The quantitative estimate of drug-likeness (QED) is 0.651. The SMILES string of the molecule is O=C(O)c1cc(C=CCCO)c[nH]1. The number of nitrogens with one attached hydrogen (secondary N) is 1. The standard InChI is InChI=1S/C9H11NO3/c11-4-2-1-3-7-5-8(9(12)13)10-6-7/h1,3,5-6,10-11H,2,4H2,(H,12,13). The first-order chi connectivity index (χ1) is 6.24. The Bertz CT molecular complexity index is 314. The molecule has 13 heavy (non-hydrogen) atoms. The number of H-pyrrole nitrogens is 1. The average molecular weight is 181 g/mol. The fraction of sp³-hybridized carbons (Fsp3) is 0.222. The van der Waals surface area contributed by atoms with E-state index in [-0.39, 0.29) is 12.3 Å². The third kappa shape index (κ3) is 2.76. The van der Waals surface area contributed by atoms with Crippen molar-refractivity contribution >= 4 is 12.0 Å². The molecule has 0 aliphatic rings. The van der Waals surface area contributed by atoms with Crippen molar-refractivity contribution in [3.05, 3.63) is 29.6 Å². The predicted molar refractivity (Wildman–Crippen MR) is 48.5 cm³/mol. The number of carboxylic acids is 1. The molecular weight excluding hydrogens is 170 g/mol. The molecule has 0 saturated carbocycles. The largest absolute Gasteiger partial charge is 0.477 e. The number of rotatable bonds is 4. The molecule has 0 amide bonds. The van der Waals surface area contributed by atoms with Gasteiger partial charge in [0.1, 0.15) is 5.69 Å². The summed E-state index contributed by atoms with van der Waals surface area (Å²) in [5.41, 5.74) is 0.967. The zero-order valence-electron chi connectivity index (χ0n) is 7.03. The molecule has 1 aromatic rings. The molecule has 0 unspecified atom stereocenters. The second-order valence-electron chi connectivity index (χ2n) is 2.57. The third-order valence-electron chi connectivity index (χ3n) is 1.54. The van der Waals surface area contributed by atoms with Gasteiger partial charge in [0.25, 0.3) is 0 Å². The Kier molecular flexibility index (Phi) is 3.28. The first-order valence-corrected chi connectivity index (χ1v) is 3.93. The second-order valence-corrected chi connectivity index (χ2v) is 2.57. The topological polar surface area (TPSA) is 73.3 Å². The molecule has 1 rings (SSSR count). The molecule has 4 nitrogen and oxygen atoms in total. The highest BCUT2D eigenvalue weighted by molar-refractivity contribution is 5.86. The van der Waals surface area contributed by atoms with Gasteiger partial charge < -0.3 is 15.2 Å². The van der Waals surface area contributed by atoms with Crippen LogP contribution in [0.2, 0.25) is 0 Å². The van der Waals surface area contributed by atoms with Crippen molar-refractivity contribution in [2.24, 2.45) is 0 Å². The van der Waals surface area contributed by atoms with Crippen molar-refractivity contribution in [1.82, 2.24) is 4.98 Å². The molecule has 0 bridgehead atoms. The molecule has 0 saturated heterocycles. The fourth-order valence-electron chi connectivity index (χ4n) is 0.925. The van der Waals surface area contributed by atoms with Crippen molar-refractivity contribution in [1.29, 1.82) is 0 Å². The smallest absolute Gasteiger partial charge is 0.352 e. The maximum atomic E-state index is 10.4. The van der Waals surface area contributed by atoms with Gasteiger partial charge in [-0.05, 0) is 18.1 Å². The number of hydrogen-bond donors (Lipinski definition) is 3. The summed E-state index contributed by atoms with van der Waals surface area (Å²) in [6.07, 6.45) is 5.73. The first-order valence-electron chi connectivity index (χ1n) is 3.93. The summed E-state index contributed by atoms with van der Waals surface area (Å²) < 4.78 is 0. The number of aliphatic hydroxyl groups excluding tert-OH is 1. The van der Waals surface area contributed by atoms with Crippen LogP contribution < -0.4 is 0 Å². The highest BCUT2D eigenvalue weighted by atomic mass is 16.4. The number of aliphatic hydroxyl groups is 1. The van der Waals surface area contributed by atoms with E-state index in [1.807, 2.05) is 0 Å². The molecule has 0 spiro atoms. The van der Waals surface area contributed by atoms with E-state index in [9.17, 15) is 4.79 Å². The van der Waals surface area contributed by atoms with Crippen LogP contribution in [-0.4, -0.2) is 27.8 Å². The molecule has 0 fully saturated rings. The normalized spacial score (nSPS) is 10.8. The summed E-state index contributed by atoms with van der Waals surface area (Å²) in [7, 11) is 0. The fourth-order valence-corrected chi connectivity index (χ4v) is 0.925. The summed E-state index contributed by atoms with van der Waals surface area (Å²) in [5.74, 6) is -0.971. The Balaban J connectivity index is 2.64. The summed E-state index contributed by atoms with van der Waals surface area (Å²) in [5, 5.41) is 17.1. The average Bonchev–Trinajstić information content (AvgIpc) is 2.53. The third-order valence-corrected chi connectivity index (χ3v) is 1.54. The van der Waals surface area contributed by atoms with Gasteiger partial charge in [0.2, 0.25) is 0 Å². The van der Waals surface area contributed by atoms with E-state index in [1.165, 1.54) is 6.07 Å². The van der Waals surface area contributed by atoms with Gasteiger partial charge in [-0.15, -0.1) is 0 Å². The molecule has 0 aliphatic carbocycles. The van der Waals surface area contributed by atoms with Crippen molar-refractivity contribution < 1.29 is 15.0 Å². The van der Waals surface area contributed by atoms with Gasteiger partial charge in [-0.2, -0.15) is 0 Å². The lowest BCUT2D eigenvalue weighted by Gasteiger charge is -1.84. The summed E-state index contributed by atoms with van der Waals surface area (Å²) in [6.45, 7) is 0.104. The van der Waals surface area contributed by atoms with Gasteiger partial charge >= 0.3 is 5.97 Å². The Morgan fingerprint density at radius 2 is 2.38 bits per heavy atom. The zero-order valence-corrected chi connectivity index (χ0v) is 7.03. The highest BCUT2D eigenvalue weighted by Gasteiger charge is 2.03. The Morgan fingerprint density at radius 3 is 2.92 bits per heavy atom. The van der Waals surface area contributed by atoms with Gasteiger partial charge in [0.15, 0.2) is 0 Å². The Morgan fingerprint density at radius 1 is 1.62 bits per heavy atom. The molecule has 0 aromatic carbocycles. The number of carboxylic acid groups (broad SMARTS) is 1. The number of carbonyl (C=O) groups is 1. The van der Waals surface area contributed by atoms with Crippen LogP contribution in [0.25, 0.3) is 6.08 Å². The minimum absolute atomic E-state index is 0.104. The van der Waals surface area contributed by atoms with Crippen molar-refractivity contribution in [3.63, 3.8) is 0 Å². The Hall–Kier alpha value is -1.55. The molecular formula is C9H11NO3. The summed E-state index contributed by atoms with van der Waals surface area (Å²) in [6, 6.07) is 1.54. The molecule has 3 N–H and O–H groups in total. The number of aromatic nitrogens is 1. The van der Waals surface area contributed by atoms with E-state index in [4.69, 9.17) is 10.2 Å². The van der Waals surface area contributed by atoms with Crippen LogP contribution in [0.15, 0.2) is 18.3 Å². The van der Waals surface area contributed by atoms with Crippen LogP contribution >= 0.6 is 0 Å². The summed E-state index contributed by atoms with van der Waals surface area (Å²) >= 11 is 0. The lowest BCUT2D eigenvalue weighted by atomic mass is 10.2. The first kappa shape index (κ1) is 9.54. The second kappa shape index (κ2) is 4.47. The van der Waals surface area contributed by atoms with Crippen LogP contribution in [0.4, 0.5) is 0 Å². The molecule has 0 atom stereocenters. The van der Waals surface area contributed by atoms with Crippen LogP contribution in [-0.2, 0) is 0 Å². The minimum Gasteiger partial charge on any atom is -0.477 e. The van der Waals surface area contributed by atoms with E-state index in [1.54, 1.807) is 18.3 Å². The van der Waals surface area contributed by atoms with Crippen LogP contribution in [0, 0.1) is 0 Å². The number of hydrogen-bond acceptors (Lipinski definition) is 2. The van der Waals surface area contributed by atoms with Gasteiger partial charge in [0, 0.05) is 12.8 Å². The predicted octanol–water partition coefficient (Wildman–Crippen LogP) is 1.11. The molecule has 1 heterocycles. The summed E-state index contributed by atoms with van der Waals surface area (Å²) in [4.78, 5) is 13.1. The maximum Gasteiger partial charge on any atom is 0.352 e. The monoisotopic (exact) mass is 181 g/mol. The van der Waals surface area contributed by atoms with Crippen LogP contribution in [0.3, 0.4) is 0 Å². The molecule has 0 aliphatic heterocycles. The highest BCUT2D eigenvalue weighted by Crippen LogP contribution is 2.05. The van der Waals surface area contributed by atoms with Crippen molar-refractivity contribution in [2.75, 3.05) is 6.61 Å². The lowest BCUT2D eigenvalue weighted by molar-refractivity contribution is 0.0691. The van der Waals surface area contributed by atoms with Gasteiger partial charge in [0.05, 0.1) is 0 Å². The lowest BCUT2D eigenvalue weighted by Crippen LogP contribution is -1.94. The van der Waals surface area contributed by atoms with Crippen molar-refractivity contribution in [3.8, 4) is 0 Å². The Labute approximate surface area is 75.5 Å². The van der Waals surface area contributed by atoms with Gasteiger partial charge in [-0.1, -0.05) is 12.2 Å². The molecule has 4 heteroatoms. The van der Waals surface area contributed by atoms with E-state index >= 15 is 0 Å². The van der Waals surface area contributed by atoms with E-state index < -0.39 is 5.97 Å². The zero-order chi connectivity index (χ0) is 9.68. The van der Waals surface area contributed by atoms with E-state index in [2.05, 4.69) is 4.98 Å². The van der Waals surface area contributed by atoms with E-state index in [0.29, 0.717) is 6.42 Å². The molecule has 70 valence electrons. The molecule has 0 radical (unpaired) electrons. The van der Waals surface area contributed by atoms with E-state index in [0.717, 1.165) is 5.56 Å². The van der Waals surface area contributed by atoms with Gasteiger partial charge in [-0.25, -0.2) is 4.79 Å². The van der Waals surface area contributed by atoms with Crippen LogP contribution in [0.5, 0.6) is 0 Å². The van der Waals surface area contributed by atoms with Gasteiger partial charge in [-0.3, -0.25) is 0 Å². The number of aromatic carboxylic acids is 1. The van der Waals surface area contributed by atoms with Crippen molar-refractivity contribution in [2.45, 2.75) is 6.42 Å². The molecule has 1 aromatic heterocycles.